The molecular formula is C46H28O2. The standard InChI is InChI=1S/C46H28O2/c1-3-14-29(15-4-1)31-18-13-19-32(28-31)41-34-21-7-9-23-36(34)42(37-24-10-8-22-35(37)41)44-43-40(48-45(44)30-16-5-2-6-17-30)27-26-38-33-20-11-12-25-39(33)47-46(38)43/h1-28H. The van der Waals surface area contributed by atoms with E-state index in [-0.39, 0.29) is 0 Å². The molecule has 224 valence electrons. The van der Waals surface area contributed by atoms with Crippen LogP contribution in [-0.4, -0.2) is 0 Å². The van der Waals surface area contributed by atoms with Crippen molar-refractivity contribution in [2.24, 2.45) is 0 Å². The van der Waals surface area contributed by atoms with Gasteiger partial charge in [0.1, 0.15) is 22.5 Å². The fraction of sp³-hybridized carbons (Fsp3) is 0. The number of rotatable bonds is 4. The molecule has 0 aliphatic carbocycles. The summed E-state index contributed by atoms with van der Waals surface area (Å²) in [5.41, 5.74) is 10.6. The minimum Gasteiger partial charge on any atom is -0.455 e. The lowest BCUT2D eigenvalue weighted by Gasteiger charge is -2.18. The smallest absolute Gasteiger partial charge is 0.147 e. The van der Waals surface area contributed by atoms with Crippen LogP contribution in [0.3, 0.4) is 0 Å². The van der Waals surface area contributed by atoms with Crippen molar-refractivity contribution in [3.05, 3.63) is 170 Å². The quantitative estimate of drug-likeness (QED) is 0.185. The SMILES string of the molecule is c1ccc(-c2cccc(-c3c4ccccc4c(-c4c(-c5ccccc5)oc5ccc6c7ccccc7oc6c45)c4ccccc34)c2)cc1. The number of para-hydroxylation sites is 1. The average Bonchev–Trinajstić information content (AvgIpc) is 3.73. The first-order valence-corrected chi connectivity index (χ1v) is 16.4. The Hall–Kier alpha value is -6.38. The van der Waals surface area contributed by atoms with Crippen LogP contribution in [0.15, 0.2) is 179 Å². The van der Waals surface area contributed by atoms with Gasteiger partial charge in [0.25, 0.3) is 0 Å². The van der Waals surface area contributed by atoms with Gasteiger partial charge < -0.3 is 8.83 Å². The van der Waals surface area contributed by atoms with E-state index in [9.17, 15) is 0 Å². The van der Waals surface area contributed by atoms with Crippen LogP contribution < -0.4 is 0 Å². The third kappa shape index (κ3) is 4.00. The van der Waals surface area contributed by atoms with Crippen molar-refractivity contribution in [3.63, 3.8) is 0 Å². The Morgan fingerprint density at radius 2 is 0.833 bits per heavy atom. The van der Waals surface area contributed by atoms with E-state index in [2.05, 4.69) is 152 Å². The maximum Gasteiger partial charge on any atom is 0.147 e. The highest BCUT2D eigenvalue weighted by Gasteiger charge is 2.26. The van der Waals surface area contributed by atoms with E-state index in [1.165, 1.54) is 43.8 Å². The van der Waals surface area contributed by atoms with Crippen LogP contribution in [0.1, 0.15) is 0 Å². The predicted octanol–water partition coefficient (Wildman–Crippen LogP) is 13.3. The first kappa shape index (κ1) is 26.8. The summed E-state index contributed by atoms with van der Waals surface area (Å²) in [7, 11) is 0. The third-order valence-electron chi connectivity index (χ3n) is 9.67. The third-order valence-corrected chi connectivity index (χ3v) is 9.67. The Morgan fingerprint density at radius 3 is 1.52 bits per heavy atom. The number of hydrogen-bond acceptors (Lipinski definition) is 2. The number of benzene rings is 8. The van der Waals surface area contributed by atoms with Crippen molar-refractivity contribution < 1.29 is 8.83 Å². The zero-order valence-electron chi connectivity index (χ0n) is 26.0. The molecule has 0 saturated heterocycles. The van der Waals surface area contributed by atoms with Crippen LogP contribution >= 0.6 is 0 Å². The molecule has 0 saturated carbocycles. The fourth-order valence-corrected chi connectivity index (χ4v) is 7.59. The summed E-state index contributed by atoms with van der Waals surface area (Å²) in [6, 6.07) is 60.1. The Labute approximate surface area is 277 Å². The van der Waals surface area contributed by atoms with Crippen LogP contribution in [0.5, 0.6) is 0 Å². The van der Waals surface area contributed by atoms with E-state index in [4.69, 9.17) is 8.83 Å². The minimum atomic E-state index is 0.809. The second-order valence-corrected chi connectivity index (χ2v) is 12.4. The highest BCUT2D eigenvalue weighted by Crippen LogP contribution is 2.51. The molecule has 10 rings (SSSR count). The largest absolute Gasteiger partial charge is 0.455 e. The van der Waals surface area contributed by atoms with E-state index in [1.54, 1.807) is 0 Å². The molecule has 0 bridgehead atoms. The molecule has 10 aromatic rings. The van der Waals surface area contributed by atoms with E-state index in [0.717, 1.165) is 55.4 Å². The van der Waals surface area contributed by atoms with Gasteiger partial charge in [-0.2, -0.15) is 0 Å². The topological polar surface area (TPSA) is 26.3 Å². The first-order chi connectivity index (χ1) is 23.8. The normalized spacial score (nSPS) is 11.8. The molecule has 0 N–H and O–H groups in total. The van der Waals surface area contributed by atoms with Crippen molar-refractivity contribution in [2.75, 3.05) is 0 Å². The van der Waals surface area contributed by atoms with Gasteiger partial charge in [0.2, 0.25) is 0 Å². The zero-order valence-corrected chi connectivity index (χ0v) is 26.0. The molecule has 48 heavy (non-hydrogen) atoms. The van der Waals surface area contributed by atoms with E-state index in [0.29, 0.717) is 0 Å². The Morgan fingerprint density at radius 1 is 0.292 bits per heavy atom. The van der Waals surface area contributed by atoms with Gasteiger partial charge in [-0.25, -0.2) is 0 Å². The molecule has 0 aliphatic heterocycles. The minimum absolute atomic E-state index is 0.809. The lowest BCUT2D eigenvalue weighted by Crippen LogP contribution is -1.92. The van der Waals surface area contributed by atoms with Gasteiger partial charge >= 0.3 is 0 Å². The summed E-state index contributed by atoms with van der Waals surface area (Å²) in [4.78, 5) is 0. The lowest BCUT2D eigenvalue weighted by molar-refractivity contribution is 0.631. The maximum atomic E-state index is 6.86. The van der Waals surface area contributed by atoms with Crippen molar-refractivity contribution in [3.8, 4) is 44.7 Å². The molecule has 0 atom stereocenters. The van der Waals surface area contributed by atoms with E-state index < -0.39 is 0 Å². The summed E-state index contributed by atoms with van der Waals surface area (Å²) in [6.07, 6.45) is 0. The van der Waals surface area contributed by atoms with Crippen molar-refractivity contribution >= 4 is 54.5 Å². The molecule has 2 heteroatoms. The average molecular weight is 613 g/mol. The maximum absolute atomic E-state index is 6.86. The lowest BCUT2D eigenvalue weighted by atomic mass is 9.84. The van der Waals surface area contributed by atoms with Gasteiger partial charge in [0, 0.05) is 27.5 Å². The predicted molar refractivity (Wildman–Crippen MR) is 200 cm³/mol. The summed E-state index contributed by atoms with van der Waals surface area (Å²) >= 11 is 0. The first-order valence-electron chi connectivity index (χ1n) is 16.4. The van der Waals surface area contributed by atoms with Crippen molar-refractivity contribution in [2.45, 2.75) is 0 Å². The van der Waals surface area contributed by atoms with Gasteiger partial charge in [-0.15, -0.1) is 0 Å². The van der Waals surface area contributed by atoms with Crippen molar-refractivity contribution in [1.29, 1.82) is 0 Å². The van der Waals surface area contributed by atoms with Gasteiger partial charge in [-0.3, -0.25) is 0 Å². The van der Waals surface area contributed by atoms with Crippen LogP contribution in [0.4, 0.5) is 0 Å². The second-order valence-electron chi connectivity index (χ2n) is 12.4. The summed E-state index contributed by atoms with van der Waals surface area (Å²) in [5, 5.41) is 7.92. The molecular weight excluding hydrogens is 585 g/mol. The van der Waals surface area contributed by atoms with Crippen LogP contribution in [0.25, 0.3) is 99.2 Å². The number of hydrogen-bond donors (Lipinski definition) is 0. The number of furan rings is 2. The summed E-state index contributed by atoms with van der Waals surface area (Å²) in [6.45, 7) is 0. The molecule has 0 radical (unpaired) electrons. The molecule has 2 heterocycles. The molecule has 2 nitrogen and oxygen atoms in total. The molecule has 8 aromatic carbocycles. The highest BCUT2D eigenvalue weighted by molar-refractivity contribution is 6.28. The molecule has 0 spiro atoms. The number of fused-ring (bicyclic) bond motifs is 7. The van der Waals surface area contributed by atoms with E-state index in [1.807, 2.05) is 18.2 Å². The Bertz CT molecular complexity index is 2760. The molecule has 0 aliphatic rings. The summed E-state index contributed by atoms with van der Waals surface area (Å²) in [5.74, 6) is 0.840. The van der Waals surface area contributed by atoms with Crippen LogP contribution in [0.2, 0.25) is 0 Å². The summed E-state index contributed by atoms with van der Waals surface area (Å²) < 4.78 is 13.6. The molecule has 0 unspecified atom stereocenters. The van der Waals surface area contributed by atoms with E-state index >= 15 is 0 Å². The Kier molecular flexibility index (Phi) is 5.91. The van der Waals surface area contributed by atoms with Gasteiger partial charge in [0.05, 0.1) is 5.39 Å². The zero-order chi connectivity index (χ0) is 31.6. The molecule has 2 aromatic heterocycles. The van der Waals surface area contributed by atoms with Crippen LogP contribution in [-0.2, 0) is 0 Å². The van der Waals surface area contributed by atoms with Gasteiger partial charge in [-0.1, -0.05) is 146 Å². The van der Waals surface area contributed by atoms with Gasteiger partial charge in [0.15, 0.2) is 0 Å². The Balaban J connectivity index is 1.37. The molecule has 0 fully saturated rings. The highest BCUT2D eigenvalue weighted by atomic mass is 16.3. The fourth-order valence-electron chi connectivity index (χ4n) is 7.59. The second kappa shape index (κ2) is 10.6. The molecule has 0 amide bonds. The van der Waals surface area contributed by atoms with Gasteiger partial charge in [-0.05, 0) is 68.1 Å². The van der Waals surface area contributed by atoms with Crippen molar-refractivity contribution in [1.82, 2.24) is 0 Å². The van der Waals surface area contributed by atoms with Crippen LogP contribution in [0, 0.1) is 0 Å². The monoisotopic (exact) mass is 612 g/mol.